The molecule has 1 N–H and O–H groups in total. The number of rotatable bonds is 5. The second kappa shape index (κ2) is 8.62. The van der Waals surface area contributed by atoms with Gasteiger partial charge in [0.2, 0.25) is 5.13 Å². The Hall–Kier alpha value is -2.63. The number of hydrogen-bond donors (Lipinski definition) is 1. The zero-order chi connectivity index (χ0) is 23.1. The van der Waals surface area contributed by atoms with Crippen molar-refractivity contribution in [1.82, 2.24) is 14.3 Å². The third kappa shape index (κ3) is 4.57. The maximum atomic E-state index is 14.4. The van der Waals surface area contributed by atoms with Crippen molar-refractivity contribution >= 4 is 26.7 Å². The van der Waals surface area contributed by atoms with Gasteiger partial charge in [0.15, 0.2) is 0 Å². The minimum atomic E-state index is -3.86. The van der Waals surface area contributed by atoms with E-state index in [-0.39, 0.29) is 35.5 Å². The first-order chi connectivity index (χ1) is 15.8. The quantitative estimate of drug-likeness (QED) is 0.559. The number of ether oxygens (including phenoxy) is 1. The van der Waals surface area contributed by atoms with Gasteiger partial charge in [-0.05, 0) is 11.6 Å². The van der Waals surface area contributed by atoms with Crippen LogP contribution in [-0.4, -0.2) is 41.7 Å². The fraction of sp³-hybridized carbons (Fsp3) is 0.364. The van der Waals surface area contributed by atoms with Crippen LogP contribution in [0.4, 0.5) is 13.9 Å². The van der Waals surface area contributed by atoms with Crippen molar-refractivity contribution in [3.63, 3.8) is 0 Å². The van der Waals surface area contributed by atoms with Crippen LogP contribution in [0.3, 0.4) is 0 Å². The molecule has 2 aliphatic heterocycles. The molecule has 2 aromatic carbocycles. The standard InChI is InChI=1S/C22H22F2N4O3S2/c23-22(24)9-10-28(19(13-22)15-4-2-1-3-5-15)18-8-11-31-20-12-16(6-7-17(18)20)33(29,30)27-21-25-14-26-32-21/h1-7,12,14,18-19H,8-11,13H2,(H,25,26,27)/t18-,19+/m1/s1. The number of likely N-dealkylation sites (tertiary alicyclic amines) is 1. The third-order valence-electron chi connectivity index (χ3n) is 6.10. The van der Waals surface area contributed by atoms with Crippen LogP contribution in [0.1, 0.15) is 42.5 Å². The summed E-state index contributed by atoms with van der Waals surface area (Å²) >= 11 is 0.940. The number of sulfonamides is 1. The molecule has 0 radical (unpaired) electrons. The van der Waals surface area contributed by atoms with E-state index in [0.29, 0.717) is 18.8 Å². The summed E-state index contributed by atoms with van der Waals surface area (Å²) in [6, 6.07) is 13.5. The van der Waals surface area contributed by atoms with Crippen molar-refractivity contribution in [2.45, 2.75) is 42.2 Å². The van der Waals surface area contributed by atoms with Gasteiger partial charge in [-0.3, -0.25) is 9.62 Å². The lowest BCUT2D eigenvalue weighted by Crippen LogP contribution is -2.44. The Bertz CT molecular complexity index is 1220. The predicted molar refractivity (Wildman–Crippen MR) is 120 cm³/mol. The van der Waals surface area contributed by atoms with Gasteiger partial charge in [-0.2, -0.15) is 4.37 Å². The van der Waals surface area contributed by atoms with Gasteiger partial charge in [0.25, 0.3) is 15.9 Å². The summed E-state index contributed by atoms with van der Waals surface area (Å²) in [6.45, 7) is 0.620. The molecule has 1 aromatic heterocycles. The minimum Gasteiger partial charge on any atom is -0.493 e. The molecule has 0 bridgehead atoms. The van der Waals surface area contributed by atoms with Crippen molar-refractivity contribution < 1.29 is 21.9 Å². The highest BCUT2D eigenvalue weighted by Gasteiger charge is 2.44. The van der Waals surface area contributed by atoms with E-state index in [1.165, 1.54) is 18.5 Å². The lowest BCUT2D eigenvalue weighted by molar-refractivity contribution is -0.0931. The molecule has 174 valence electrons. The Kier molecular flexibility index (Phi) is 5.79. The Balaban J connectivity index is 1.46. The first kappa shape index (κ1) is 22.2. The van der Waals surface area contributed by atoms with E-state index in [2.05, 4.69) is 19.0 Å². The summed E-state index contributed by atoms with van der Waals surface area (Å²) in [4.78, 5) is 6.01. The first-order valence-corrected chi connectivity index (χ1v) is 12.8. The van der Waals surface area contributed by atoms with E-state index in [0.717, 1.165) is 22.7 Å². The fourth-order valence-electron chi connectivity index (χ4n) is 4.56. The zero-order valence-electron chi connectivity index (χ0n) is 17.5. The van der Waals surface area contributed by atoms with Gasteiger partial charge in [-0.1, -0.05) is 36.4 Å². The smallest absolute Gasteiger partial charge is 0.263 e. The van der Waals surface area contributed by atoms with Crippen molar-refractivity contribution in [3.8, 4) is 5.75 Å². The van der Waals surface area contributed by atoms with Gasteiger partial charge < -0.3 is 4.74 Å². The molecule has 11 heteroatoms. The van der Waals surface area contributed by atoms with Crippen LogP contribution in [-0.2, 0) is 10.0 Å². The Labute approximate surface area is 194 Å². The molecule has 3 aromatic rings. The number of halogens is 2. The highest BCUT2D eigenvalue weighted by Crippen LogP contribution is 2.47. The van der Waals surface area contributed by atoms with E-state index >= 15 is 0 Å². The topological polar surface area (TPSA) is 84.4 Å². The molecule has 0 aliphatic carbocycles. The summed E-state index contributed by atoms with van der Waals surface area (Å²) in [5.74, 6) is -2.27. The van der Waals surface area contributed by atoms with Crippen LogP contribution in [0.2, 0.25) is 0 Å². The van der Waals surface area contributed by atoms with Crippen LogP contribution in [0.25, 0.3) is 0 Å². The number of anilines is 1. The Morgan fingerprint density at radius 2 is 1.97 bits per heavy atom. The van der Waals surface area contributed by atoms with Gasteiger partial charge in [0.1, 0.15) is 12.1 Å². The van der Waals surface area contributed by atoms with Gasteiger partial charge in [-0.15, -0.1) is 0 Å². The minimum absolute atomic E-state index is 0.0434. The van der Waals surface area contributed by atoms with Crippen LogP contribution in [0.5, 0.6) is 5.75 Å². The predicted octanol–water partition coefficient (Wildman–Crippen LogP) is 4.63. The number of nitrogens with zero attached hydrogens (tertiary/aromatic N) is 3. The molecule has 1 saturated heterocycles. The molecule has 0 spiro atoms. The molecule has 33 heavy (non-hydrogen) atoms. The number of fused-ring (bicyclic) bond motifs is 1. The third-order valence-corrected chi connectivity index (χ3v) is 8.14. The van der Waals surface area contributed by atoms with Gasteiger partial charge in [-0.25, -0.2) is 22.2 Å². The summed E-state index contributed by atoms with van der Waals surface area (Å²) in [6.07, 6.45) is 1.45. The van der Waals surface area contributed by atoms with Gasteiger partial charge in [0.05, 0.1) is 11.5 Å². The maximum Gasteiger partial charge on any atom is 0.263 e. The van der Waals surface area contributed by atoms with E-state index in [9.17, 15) is 17.2 Å². The van der Waals surface area contributed by atoms with Crippen molar-refractivity contribution in [2.75, 3.05) is 17.9 Å². The molecule has 7 nitrogen and oxygen atoms in total. The van der Waals surface area contributed by atoms with E-state index in [4.69, 9.17) is 4.74 Å². The SMILES string of the molecule is O=S(=O)(Nc1ncns1)c1ccc2c(c1)OCC[C@H]2N1CCC(F)(F)C[C@H]1c1ccccc1. The average molecular weight is 493 g/mol. The lowest BCUT2D eigenvalue weighted by atomic mass is 9.88. The fourth-order valence-corrected chi connectivity index (χ4v) is 6.24. The molecule has 0 unspecified atom stereocenters. The number of piperidine rings is 1. The second-order valence-electron chi connectivity index (χ2n) is 8.18. The molecular formula is C22H22F2N4O3S2. The molecule has 1 fully saturated rings. The molecule has 3 heterocycles. The average Bonchev–Trinajstić information content (AvgIpc) is 3.31. The molecular weight excluding hydrogens is 470 g/mol. The van der Waals surface area contributed by atoms with Gasteiger partial charge >= 0.3 is 0 Å². The van der Waals surface area contributed by atoms with E-state index in [1.807, 2.05) is 30.3 Å². The normalized spacial score (nSPS) is 22.8. The molecule has 0 amide bonds. The Morgan fingerprint density at radius 1 is 1.15 bits per heavy atom. The number of aromatic nitrogens is 2. The Morgan fingerprint density at radius 3 is 2.73 bits per heavy atom. The summed E-state index contributed by atoms with van der Waals surface area (Å²) in [5.41, 5.74) is 1.66. The zero-order valence-corrected chi connectivity index (χ0v) is 19.2. The van der Waals surface area contributed by atoms with Crippen LogP contribution in [0, 0.1) is 0 Å². The summed E-state index contributed by atoms with van der Waals surface area (Å²) in [5, 5.41) is 0.173. The first-order valence-electron chi connectivity index (χ1n) is 10.6. The van der Waals surface area contributed by atoms with E-state index < -0.39 is 22.0 Å². The molecule has 2 aliphatic rings. The summed E-state index contributed by atoms with van der Waals surface area (Å²) < 4.78 is 66.3. The maximum absolute atomic E-state index is 14.4. The number of nitrogens with one attached hydrogen (secondary N) is 1. The highest BCUT2D eigenvalue weighted by molar-refractivity contribution is 7.93. The molecule has 2 atom stereocenters. The lowest BCUT2D eigenvalue weighted by Gasteiger charge is -2.45. The number of hydrogen-bond acceptors (Lipinski definition) is 7. The van der Waals surface area contributed by atoms with Gasteiger partial charge in [0, 0.05) is 61.1 Å². The van der Waals surface area contributed by atoms with Crippen LogP contribution in [0.15, 0.2) is 59.8 Å². The summed E-state index contributed by atoms with van der Waals surface area (Å²) in [7, 11) is -3.86. The monoisotopic (exact) mass is 492 g/mol. The van der Waals surface area contributed by atoms with E-state index in [1.54, 1.807) is 6.07 Å². The van der Waals surface area contributed by atoms with Crippen LogP contribution < -0.4 is 9.46 Å². The second-order valence-corrected chi connectivity index (χ2v) is 10.6. The highest BCUT2D eigenvalue weighted by atomic mass is 32.2. The van der Waals surface area contributed by atoms with Crippen LogP contribution >= 0.6 is 11.5 Å². The largest absolute Gasteiger partial charge is 0.493 e. The molecule has 0 saturated carbocycles. The number of alkyl halides is 2. The molecule has 5 rings (SSSR count). The van der Waals surface area contributed by atoms with Crippen molar-refractivity contribution in [3.05, 3.63) is 66.0 Å². The van der Waals surface area contributed by atoms with Crippen molar-refractivity contribution in [1.29, 1.82) is 0 Å². The van der Waals surface area contributed by atoms with Crippen molar-refractivity contribution in [2.24, 2.45) is 0 Å². The number of benzene rings is 2.